The van der Waals surface area contributed by atoms with Gasteiger partial charge in [-0.1, -0.05) is 78.5 Å². The van der Waals surface area contributed by atoms with Crippen LogP contribution in [0.5, 0.6) is 11.5 Å². The minimum atomic E-state index is -0.392. The Labute approximate surface area is 231 Å². The van der Waals surface area contributed by atoms with E-state index in [1.165, 1.54) is 11.1 Å². The van der Waals surface area contributed by atoms with Crippen LogP contribution in [0.1, 0.15) is 47.9 Å². The number of rotatable bonds is 5. The van der Waals surface area contributed by atoms with Crippen molar-refractivity contribution in [2.75, 3.05) is 18.5 Å². The van der Waals surface area contributed by atoms with Crippen molar-refractivity contribution in [2.45, 2.75) is 42.1 Å². The highest BCUT2D eigenvalue weighted by molar-refractivity contribution is 7.98. The first-order chi connectivity index (χ1) is 19.2. The first kappa shape index (κ1) is 24.0. The fraction of sp³-hybridized carbons (Fsp3) is 0.258. The smallest absolute Gasteiger partial charge is 0.227 e. The second-order valence-electron chi connectivity index (χ2n) is 10.1. The van der Waals surface area contributed by atoms with Crippen LogP contribution in [-0.4, -0.2) is 33.8 Å². The van der Waals surface area contributed by atoms with Gasteiger partial charge in [0.1, 0.15) is 6.04 Å². The molecule has 7 nitrogen and oxygen atoms in total. The Bertz CT molecular complexity index is 1550. The Kier molecular flexibility index (Phi) is 6.32. The average molecular weight is 537 g/mol. The molecular weight excluding hydrogens is 508 g/mol. The van der Waals surface area contributed by atoms with E-state index in [1.54, 1.807) is 11.8 Å². The van der Waals surface area contributed by atoms with Gasteiger partial charge in [-0.3, -0.25) is 4.79 Å². The van der Waals surface area contributed by atoms with E-state index < -0.39 is 6.04 Å². The standard InChI is InChI=1S/C31H28N4O3S/c36-25-17-23(21-10-5-2-6-11-21)16-24-28(25)29(22-12-13-26-27(18-22)38-15-7-14-37-26)35-30(32-24)33-31(34-35)39-19-20-8-3-1-4-9-20/h1-6,8-13,18,23,29H,7,14-17,19H2,(H,32,33,34). The predicted molar refractivity (Wildman–Crippen MR) is 150 cm³/mol. The van der Waals surface area contributed by atoms with E-state index in [2.05, 4.69) is 29.6 Å². The molecule has 4 aromatic rings. The molecule has 0 spiro atoms. The van der Waals surface area contributed by atoms with E-state index in [4.69, 9.17) is 19.6 Å². The molecule has 0 saturated carbocycles. The monoisotopic (exact) mass is 536 g/mol. The van der Waals surface area contributed by atoms with Gasteiger partial charge in [-0.15, -0.1) is 5.10 Å². The van der Waals surface area contributed by atoms with E-state index in [1.807, 2.05) is 59.3 Å². The second-order valence-corrected chi connectivity index (χ2v) is 11.0. The summed E-state index contributed by atoms with van der Waals surface area (Å²) in [5, 5.41) is 9.08. The highest BCUT2D eigenvalue weighted by Gasteiger charge is 2.40. The third-order valence-corrected chi connectivity index (χ3v) is 8.38. The molecule has 3 aromatic carbocycles. The Morgan fingerprint density at radius 3 is 2.49 bits per heavy atom. The summed E-state index contributed by atoms with van der Waals surface area (Å²) in [6, 6.07) is 26.2. The largest absolute Gasteiger partial charge is 0.490 e. The molecular formula is C31H28N4O3S. The Balaban J connectivity index is 1.28. The summed E-state index contributed by atoms with van der Waals surface area (Å²) in [6.45, 7) is 1.23. The first-order valence-corrected chi connectivity index (χ1v) is 14.3. The normalized spacial score (nSPS) is 20.1. The zero-order chi connectivity index (χ0) is 26.2. The summed E-state index contributed by atoms with van der Waals surface area (Å²) < 4.78 is 13.7. The maximum atomic E-state index is 13.8. The number of thioether (sulfide) groups is 1. The van der Waals surface area contributed by atoms with Gasteiger partial charge in [-0.05, 0) is 41.2 Å². The van der Waals surface area contributed by atoms with Gasteiger partial charge in [0.05, 0.1) is 13.2 Å². The van der Waals surface area contributed by atoms with Crippen molar-refractivity contribution in [1.82, 2.24) is 14.8 Å². The third kappa shape index (κ3) is 4.69. The van der Waals surface area contributed by atoms with Crippen LogP contribution in [0.25, 0.3) is 0 Å². The molecule has 0 radical (unpaired) electrons. The number of nitrogens with one attached hydrogen (secondary N) is 1. The minimum absolute atomic E-state index is 0.121. The summed E-state index contributed by atoms with van der Waals surface area (Å²) in [5.74, 6) is 3.11. The van der Waals surface area contributed by atoms with Gasteiger partial charge in [0, 0.05) is 29.9 Å². The Morgan fingerprint density at radius 2 is 1.67 bits per heavy atom. The lowest BCUT2D eigenvalue weighted by atomic mass is 9.78. The number of benzene rings is 3. The van der Waals surface area contributed by atoms with Crippen molar-refractivity contribution in [3.05, 3.63) is 107 Å². The molecule has 0 saturated heterocycles. The van der Waals surface area contributed by atoms with E-state index in [9.17, 15) is 4.79 Å². The van der Waals surface area contributed by atoms with Gasteiger partial charge < -0.3 is 14.8 Å². The number of ketones is 1. The molecule has 8 heteroatoms. The summed E-state index contributed by atoms with van der Waals surface area (Å²) in [5.41, 5.74) is 5.01. The summed E-state index contributed by atoms with van der Waals surface area (Å²) >= 11 is 1.59. The number of hydrogen-bond donors (Lipinski definition) is 1. The van der Waals surface area contributed by atoms with Crippen molar-refractivity contribution < 1.29 is 14.3 Å². The second kappa shape index (κ2) is 10.3. The lowest BCUT2D eigenvalue weighted by molar-refractivity contribution is -0.116. The van der Waals surface area contributed by atoms with Gasteiger partial charge >= 0.3 is 0 Å². The Hall–Kier alpha value is -4.04. The van der Waals surface area contributed by atoms with Crippen LogP contribution in [-0.2, 0) is 10.5 Å². The minimum Gasteiger partial charge on any atom is -0.490 e. The van der Waals surface area contributed by atoms with E-state index in [-0.39, 0.29) is 11.7 Å². The molecule has 0 fully saturated rings. The number of fused-ring (bicyclic) bond motifs is 2. The van der Waals surface area contributed by atoms with Gasteiger partial charge in [0.15, 0.2) is 17.3 Å². The topological polar surface area (TPSA) is 78.3 Å². The number of nitrogens with zero attached hydrogens (tertiary/aromatic N) is 3. The number of Topliss-reactive ketones (excluding diaryl/α,β-unsaturated/α-hetero) is 1. The van der Waals surface area contributed by atoms with Gasteiger partial charge in [0.2, 0.25) is 11.1 Å². The number of carbonyl (C=O) groups is 1. The van der Waals surface area contributed by atoms with Crippen molar-refractivity contribution in [1.29, 1.82) is 0 Å². The molecule has 196 valence electrons. The number of hydrogen-bond acceptors (Lipinski definition) is 7. The SMILES string of the molecule is O=C1CC(c2ccccc2)CC2=C1C(c1ccc3c(c1)OCCCO3)n1nc(SCc3ccccc3)nc1N2. The van der Waals surface area contributed by atoms with Crippen molar-refractivity contribution in [3.63, 3.8) is 0 Å². The molecule has 1 aromatic heterocycles. The molecule has 3 aliphatic rings. The lowest BCUT2D eigenvalue weighted by Gasteiger charge is -2.35. The van der Waals surface area contributed by atoms with Crippen molar-refractivity contribution in [2.24, 2.45) is 0 Å². The summed E-state index contributed by atoms with van der Waals surface area (Å²) in [4.78, 5) is 18.7. The number of allylic oxidation sites excluding steroid dienone is 2. The van der Waals surface area contributed by atoms with Crippen LogP contribution in [0.15, 0.2) is 95.3 Å². The van der Waals surface area contributed by atoms with Crippen molar-refractivity contribution >= 4 is 23.5 Å². The highest BCUT2D eigenvalue weighted by atomic mass is 32.2. The van der Waals surface area contributed by atoms with Crippen LogP contribution in [0, 0.1) is 0 Å². The highest BCUT2D eigenvalue weighted by Crippen LogP contribution is 2.46. The number of anilines is 1. The van der Waals surface area contributed by atoms with Crippen molar-refractivity contribution in [3.8, 4) is 11.5 Å². The van der Waals surface area contributed by atoms with Gasteiger partial charge in [-0.25, -0.2) is 4.68 Å². The molecule has 2 unspecified atom stereocenters. The maximum Gasteiger partial charge on any atom is 0.227 e. The Morgan fingerprint density at radius 1 is 0.897 bits per heavy atom. The van der Waals surface area contributed by atoms with Gasteiger partial charge in [0.25, 0.3) is 0 Å². The van der Waals surface area contributed by atoms with Crippen LogP contribution < -0.4 is 14.8 Å². The third-order valence-electron chi connectivity index (χ3n) is 7.47. The fourth-order valence-corrected chi connectivity index (χ4v) is 6.38. The fourth-order valence-electron chi connectivity index (χ4n) is 5.59. The van der Waals surface area contributed by atoms with Crippen LogP contribution in [0.4, 0.5) is 5.95 Å². The molecule has 3 heterocycles. The average Bonchev–Trinajstić information content (AvgIpc) is 3.23. The quantitative estimate of drug-likeness (QED) is 0.307. The van der Waals surface area contributed by atoms with E-state index >= 15 is 0 Å². The summed E-state index contributed by atoms with van der Waals surface area (Å²) in [6.07, 6.45) is 2.04. The summed E-state index contributed by atoms with van der Waals surface area (Å²) in [7, 11) is 0. The van der Waals surface area contributed by atoms with E-state index in [0.717, 1.165) is 41.2 Å². The first-order valence-electron chi connectivity index (χ1n) is 13.3. The van der Waals surface area contributed by atoms with Crippen LogP contribution >= 0.6 is 11.8 Å². The number of aromatic nitrogens is 3. The molecule has 0 bridgehead atoms. The molecule has 2 aliphatic heterocycles. The molecule has 7 rings (SSSR count). The van der Waals surface area contributed by atoms with E-state index in [0.29, 0.717) is 36.5 Å². The molecule has 0 amide bonds. The number of ether oxygens (including phenoxy) is 2. The lowest BCUT2D eigenvalue weighted by Crippen LogP contribution is -2.33. The zero-order valence-electron chi connectivity index (χ0n) is 21.4. The molecule has 1 N–H and O–H groups in total. The molecule has 1 aliphatic carbocycles. The van der Waals surface area contributed by atoms with Gasteiger partial charge in [-0.2, -0.15) is 4.98 Å². The predicted octanol–water partition coefficient (Wildman–Crippen LogP) is 6.15. The molecule has 39 heavy (non-hydrogen) atoms. The maximum absolute atomic E-state index is 13.8. The number of carbonyl (C=O) groups excluding carboxylic acids is 1. The van der Waals surface area contributed by atoms with Crippen LogP contribution in [0.2, 0.25) is 0 Å². The van der Waals surface area contributed by atoms with Crippen LogP contribution in [0.3, 0.4) is 0 Å². The zero-order valence-corrected chi connectivity index (χ0v) is 22.2. The molecule has 2 atom stereocenters.